The van der Waals surface area contributed by atoms with Crippen LogP contribution in [0.3, 0.4) is 0 Å². The molecule has 0 aliphatic carbocycles. The van der Waals surface area contributed by atoms with Crippen molar-refractivity contribution in [3.63, 3.8) is 0 Å². The highest BCUT2D eigenvalue weighted by molar-refractivity contribution is 7.17. The quantitative estimate of drug-likeness (QED) is 0.414. The lowest BCUT2D eigenvalue weighted by Gasteiger charge is -2.10. The molecule has 8 heteroatoms. The van der Waals surface area contributed by atoms with Gasteiger partial charge in [0.05, 0.1) is 27.9 Å². The van der Waals surface area contributed by atoms with Gasteiger partial charge in [0.2, 0.25) is 0 Å². The van der Waals surface area contributed by atoms with E-state index in [2.05, 4.69) is 16.4 Å². The molecule has 0 saturated carbocycles. The van der Waals surface area contributed by atoms with Crippen LogP contribution in [0.15, 0.2) is 48.5 Å². The number of ketones is 1. The van der Waals surface area contributed by atoms with Crippen molar-refractivity contribution in [2.45, 2.75) is 26.8 Å². The van der Waals surface area contributed by atoms with E-state index in [4.69, 9.17) is 5.26 Å². The molecule has 0 atom stereocenters. The van der Waals surface area contributed by atoms with Gasteiger partial charge >= 0.3 is 0 Å². The first-order chi connectivity index (χ1) is 15.4. The minimum atomic E-state index is -0.102. The number of phenols is 2. The third-order valence-electron chi connectivity index (χ3n) is 5.17. The van der Waals surface area contributed by atoms with E-state index in [1.165, 1.54) is 24.3 Å². The summed E-state index contributed by atoms with van der Waals surface area (Å²) in [6.45, 7) is 3.82. The summed E-state index contributed by atoms with van der Waals surface area (Å²) in [4.78, 5) is 13.3. The van der Waals surface area contributed by atoms with Crippen molar-refractivity contribution < 1.29 is 15.0 Å². The molecule has 0 radical (unpaired) electrons. The fourth-order valence-corrected chi connectivity index (χ4v) is 4.41. The number of carbonyl (C=O) groups is 1. The maximum absolute atomic E-state index is 11.9. The van der Waals surface area contributed by atoms with E-state index in [9.17, 15) is 15.0 Å². The van der Waals surface area contributed by atoms with Crippen LogP contribution in [-0.4, -0.2) is 31.0 Å². The molecule has 32 heavy (non-hydrogen) atoms. The van der Waals surface area contributed by atoms with Crippen molar-refractivity contribution in [2.24, 2.45) is 0 Å². The first-order valence-corrected chi connectivity index (χ1v) is 10.8. The molecule has 0 unspecified atom stereocenters. The van der Waals surface area contributed by atoms with E-state index < -0.39 is 0 Å². The molecule has 2 N–H and O–H groups in total. The van der Waals surface area contributed by atoms with Crippen molar-refractivity contribution in [3.05, 3.63) is 70.1 Å². The lowest BCUT2D eigenvalue weighted by molar-refractivity contribution is 0.102. The number of hydrogen-bond acceptors (Lipinski definition) is 7. The smallest absolute Gasteiger partial charge is 0.169 e. The van der Waals surface area contributed by atoms with Crippen LogP contribution in [0.1, 0.15) is 40.2 Å². The topological polar surface area (TPSA) is 112 Å². The Balaban J connectivity index is 1.87. The van der Waals surface area contributed by atoms with Crippen molar-refractivity contribution in [3.8, 4) is 39.4 Å². The average Bonchev–Trinajstić information content (AvgIpc) is 3.42. The monoisotopic (exact) mass is 444 g/mol. The van der Waals surface area contributed by atoms with Crippen molar-refractivity contribution in [1.29, 1.82) is 5.26 Å². The molecule has 160 valence electrons. The number of aryl methyl sites for hydroxylation is 1. The molecular weight excluding hydrogens is 424 g/mol. The van der Waals surface area contributed by atoms with E-state index in [1.54, 1.807) is 28.9 Å². The number of benzene rings is 2. The highest BCUT2D eigenvalue weighted by Crippen LogP contribution is 2.41. The van der Waals surface area contributed by atoms with E-state index in [0.29, 0.717) is 45.9 Å². The van der Waals surface area contributed by atoms with Gasteiger partial charge in [-0.05, 0) is 54.8 Å². The van der Waals surface area contributed by atoms with Gasteiger partial charge in [-0.1, -0.05) is 24.3 Å². The fraction of sp³-hybridized carbons (Fsp3) is 0.167. The van der Waals surface area contributed by atoms with Crippen molar-refractivity contribution >= 4 is 17.1 Å². The average molecular weight is 445 g/mol. The summed E-state index contributed by atoms with van der Waals surface area (Å²) in [5.74, 6) is -0.111. The Kier molecular flexibility index (Phi) is 5.75. The molecule has 0 aliphatic rings. The van der Waals surface area contributed by atoms with Crippen molar-refractivity contribution in [1.82, 2.24) is 15.0 Å². The van der Waals surface area contributed by atoms with E-state index in [0.717, 1.165) is 10.4 Å². The zero-order valence-corrected chi connectivity index (χ0v) is 18.3. The number of phenolic OH excluding ortho intramolecular Hbond substituents is 2. The molecular formula is C24H20N4O3S. The minimum Gasteiger partial charge on any atom is -0.508 e. The molecule has 0 amide bonds. The summed E-state index contributed by atoms with van der Waals surface area (Å²) in [6.07, 6.45) is 0.585. The molecule has 4 rings (SSSR count). The largest absolute Gasteiger partial charge is 0.508 e. The first-order valence-electron chi connectivity index (χ1n) is 10.00. The number of nitriles is 1. The van der Waals surface area contributed by atoms with Gasteiger partial charge in [0.15, 0.2) is 5.78 Å². The predicted octanol–water partition coefficient (Wildman–Crippen LogP) is 4.77. The second kappa shape index (κ2) is 8.65. The molecule has 0 fully saturated rings. The van der Waals surface area contributed by atoms with Crippen LogP contribution >= 0.6 is 11.3 Å². The summed E-state index contributed by atoms with van der Waals surface area (Å²) < 4.78 is 1.71. The summed E-state index contributed by atoms with van der Waals surface area (Å²) in [7, 11) is 0. The first kappa shape index (κ1) is 21.3. The third kappa shape index (κ3) is 3.98. The minimum absolute atomic E-state index is 0.0234. The number of aromatic hydroxyl groups is 2. The Labute approximate surface area is 188 Å². The number of nitrogens with zero attached hydrogens (tertiary/aromatic N) is 4. The highest BCUT2D eigenvalue weighted by Gasteiger charge is 2.22. The van der Waals surface area contributed by atoms with Gasteiger partial charge in [0.1, 0.15) is 22.9 Å². The molecule has 0 bridgehead atoms. The zero-order chi connectivity index (χ0) is 22.8. The standard InChI is InChI=1S/C24H20N4O3S/c1-3-17-10-18(20(31)11-19(17)30)23-24(22-9-8-21(32-22)14(2)29)28(27-26-23)13-16-6-4-15(12-25)5-7-16/h4-11,30-31H,3,13H2,1-2H3. The summed E-state index contributed by atoms with van der Waals surface area (Å²) >= 11 is 1.33. The van der Waals surface area contributed by atoms with Crippen LogP contribution in [-0.2, 0) is 13.0 Å². The van der Waals surface area contributed by atoms with E-state index >= 15 is 0 Å². The van der Waals surface area contributed by atoms with Gasteiger partial charge in [-0.15, -0.1) is 16.4 Å². The third-order valence-corrected chi connectivity index (χ3v) is 6.36. The Morgan fingerprint density at radius 1 is 1.12 bits per heavy atom. The van der Waals surface area contributed by atoms with Crippen LogP contribution in [0.25, 0.3) is 21.8 Å². The van der Waals surface area contributed by atoms with Crippen LogP contribution in [0, 0.1) is 11.3 Å². The maximum atomic E-state index is 11.9. The van der Waals surface area contributed by atoms with Crippen molar-refractivity contribution in [2.75, 3.05) is 0 Å². The fourth-order valence-electron chi connectivity index (χ4n) is 3.46. The zero-order valence-electron chi connectivity index (χ0n) is 17.5. The van der Waals surface area contributed by atoms with E-state index in [-0.39, 0.29) is 17.3 Å². The predicted molar refractivity (Wildman–Crippen MR) is 122 cm³/mol. The van der Waals surface area contributed by atoms with Gasteiger partial charge in [-0.25, -0.2) is 4.68 Å². The molecule has 0 aliphatic heterocycles. The SMILES string of the molecule is CCc1cc(-c2nnn(Cc3ccc(C#N)cc3)c2-c2ccc(C(C)=O)s2)c(O)cc1O. The maximum Gasteiger partial charge on any atom is 0.169 e. The molecule has 2 heterocycles. The number of carbonyl (C=O) groups excluding carboxylic acids is 1. The number of thiophene rings is 1. The van der Waals surface area contributed by atoms with Gasteiger partial charge in [-0.3, -0.25) is 4.79 Å². The van der Waals surface area contributed by atoms with Crippen LogP contribution in [0.5, 0.6) is 11.5 Å². The lowest BCUT2D eigenvalue weighted by atomic mass is 10.0. The summed E-state index contributed by atoms with van der Waals surface area (Å²) in [5.41, 5.74) is 3.75. The number of rotatable bonds is 6. The second-order valence-electron chi connectivity index (χ2n) is 7.32. The second-order valence-corrected chi connectivity index (χ2v) is 8.41. The van der Waals surface area contributed by atoms with Crippen LogP contribution in [0.4, 0.5) is 0 Å². The number of Topliss-reactive ketones (excluding diaryl/α,β-unsaturated/α-hetero) is 1. The molecule has 4 aromatic rings. The molecule has 0 spiro atoms. The lowest BCUT2D eigenvalue weighted by Crippen LogP contribution is -2.04. The van der Waals surface area contributed by atoms with Gasteiger partial charge in [0, 0.05) is 11.6 Å². The van der Waals surface area contributed by atoms with Gasteiger partial charge < -0.3 is 10.2 Å². The van der Waals surface area contributed by atoms with Crippen LogP contribution < -0.4 is 0 Å². The molecule has 2 aromatic carbocycles. The van der Waals surface area contributed by atoms with Crippen LogP contribution in [0.2, 0.25) is 0 Å². The summed E-state index contributed by atoms with van der Waals surface area (Å²) in [5, 5.41) is 38.4. The van der Waals surface area contributed by atoms with E-state index in [1.807, 2.05) is 25.1 Å². The number of aromatic nitrogens is 3. The Morgan fingerprint density at radius 2 is 1.88 bits per heavy atom. The Morgan fingerprint density at radius 3 is 2.50 bits per heavy atom. The Hall–Kier alpha value is -3.96. The summed E-state index contributed by atoms with van der Waals surface area (Å²) in [6, 6.07) is 15.9. The number of hydrogen-bond donors (Lipinski definition) is 2. The van der Waals surface area contributed by atoms with Gasteiger partial charge in [-0.2, -0.15) is 5.26 Å². The highest BCUT2D eigenvalue weighted by atomic mass is 32.1. The molecule has 0 saturated heterocycles. The molecule has 7 nitrogen and oxygen atoms in total. The molecule has 2 aromatic heterocycles. The van der Waals surface area contributed by atoms with Gasteiger partial charge in [0.25, 0.3) is 0 Å². The normalized spacial score (nSPS) is 10.8. The Bertz CT molecular complexity index is 1350.